The number of para-hydroxylation sites is 1. The Labute approximate surface area is 178 Å². The number of benzene rings is 1. The molecule has 7 heteroatoms. The van der Waals surface area contributed by atoms with E-state index in [1.165, 1.54) is 11.3 Å². The summed E-state index contributed by atoms with van der Waals surface area (Å²) in [7, 11) is 0. The molecule has 0 unspecified atom stereocenters. The van der Waals surface area contributed by atoms with Crippen LogP contribution < -0.4 is 20.4 Å². The lowest BCUT2D eigenvalue weighted by Gasteiger charge is -2.38. The molecule has 1 aliphatic heterocycles. The Morgan fingerprint density at radius 2 is 1.67 bits per heavy atom. The van der Waals surface area contributed by atoms with Crippen molar-refractivity contribution < 1.29 is 0 Å². The molecule has 0 aliphatic carbocycles. The van der Waals surface area contributed by atoms with Crippen molar-refractivity contribution in [3.8, 4) is 0 Å². The molecular formula is C23H29N7. The van der Waals surface area contributed by atoms with Gasteiger partial charge in [-0.1, -0.05) is 24.3 Å². The molecule has 1 aromatic carbocycles. The lowest BCUT2D eigenvalue weighted by Crippen LogP contribution is -2.47. The van der Waals surface area contributed by atoms with Crippen molar-refractivity contribution in [2.24, 2.45) is 0 Å². The van der Waals surface area contributed by atoms with Crippen LogP contribution in [-0.4, -0.2) is 47.7 Å². The first-order valence-electron chi connectivity index (χ1n) is 10.5. The third kappa shape index (κ3) is 4.62. The summed E-state index contributed by atoms with van der Waals surface area (Å²) in [6.07, 6.45) is 3.64. The summed E-state index contributed by atoms with van der Waals surface area (Å²) in [5, 5.41) is 6.56. The molecule has 2 aromatic heterocycles. The highest BCUT2D eigenvalue weighted by Gasteiger charge is 2.21. The number of pyridine rings is 1. The van der Waals surface area contributed by atoms with Crippen molar-refractivity contribution in [3.05, 3.63) is 66.0 Å². The molecule has 3 heterocycles. The molecule has 0 spiro atoms. The Morgan fingerprint density at radius 3 is 2.47 bits per heavy atom. The Bertz CT molecular complexity index is 967. The third-order valence-corrected chi connectivity index (χ3v) is 5.35. The van der Waals surface area contributed by atoms with E-state index in [2.05, 4.69) is 74.6 Å². The normalized spacial score (nSPS) is 13.9. The summed E-state index contributed by atoms with van der Waals surface area (Å²) in [5.41, 5.74) is 3.81. The SMILES string of the molecule is CCNc1ccnc(NCc2cccnc2N2CCN(c3ccccc3C)CC2)n1. The second-order valence-electron chi connectivity index (χ2n) is 7.40. The van der Waals surface area contributed by atoms with E-state index >= 15 is 0 Å². The molecule has 0 bridgehead atoms. The Balaban J connectivity index is 1.41. The molecule has 156 valence electrons. The molecule has 4 rings (SSSR count). The minimum Gasteiger partial charge on any atom is -0.370 e. The van der Waals surface area contributed by atoms with Crippen molar-refractivity contribution in [3.63, 3.8) is 0 Å². The average molecular weight is 404 g/mol. The molecule has 3 aromatic rings. The Kier molecular flexibility index (Phi) is 6.27. The highest BCUT2D eigenvalue weighted by Crippen LogP contribution is 2.24. The maximum atomic E-state index is 4.69. The number of aryl methyl sites for hydroxylation is 1. The number of hydrogen-bond donors (Lipinski definition) is 2. The number of piperazine rings is 1. The van der Waals surface area contributed by atoms with Crippen molar-refractivity contribution in [1.29, 1.82) is 0 Å². The van der Waals surface area contributed by atoms with Crippen molar-refractivity contribution in [2.75, 3.05) is 53.2 Å². The maximum absolute atomic E-state index is 4.69. The van der Waals surface area contributed by atoms with Crippen LogP contribution in [0.25, 0.3) is 0 Å². The van der Waals surface area contributed by atoms with Crippen LogP contribution in [0.1, 0.15) is 18.1 Å². The first-order valence-corrected chi connectivity index (χ1v) is 10.5. The topological polar surface area (TPSA) is 69.2 Å². The van der Waals surface area contributed by atoms with Gasteiger partial charge in [0.2, 0.25) is 5.95 Å². The summed E-state index contributed by atoms with van der Waals surface area (Å²) in [6.45, 7) is 9.57. The zero-order chi connectivity index (χ0) is 20.8. The number of rotatable bonds is 7. The molecule has 0 atom stereocenters. The molecule has 2 N–H and O–H groups in total. The summed E-state index contributed by atoms with van der Waals surface area (Å²) < 4.78 is 0. The van der Waals surface area contributed by atoms with Crippen LogP contribution in [0.2, 0.25) is 0 Å². The largest absolute Gasteiger partial charge is 0.370 e. The van der Waals surface area contributed by atoms with Gasteiger partial charge in [0.25, 0.3) is 0 Å². The van der Waals surface area contributed by atoms with E-state index in [9.17, 15) is 0 Å². The first-order chi connectivity index (χ1) is 14.7. The van der Waals surface area contributed by atoms with Crippen molar-refractivity contribution in [2.45, 2.75) is 20.4 Å². The van der Waals surface area contributed by atoms with Gasteiger partial charge in [-0.25, -0.2) is 9.97 Å². The van der Waals surface area contributed by atoms with E-state index in [1.807, 2.05) is 18.3 Å². The van der Waals surface area contributed by atoms with Crippen LogP contribution in [0, 0.1) is 6.92 Å². The van der Waals surface area contributed by atoms with Crippen LogP contribution in [-0.2, 0) is 6.54 Å². The van der Waals surface area contributed by atoms with Crippen molar-refractivity contribution >= 4 is 23.3 Å². The number of hydrogen-bond acceptors (Lipinski definition) is 7. The van der Waals surface area contributed by atoms with Gasteiger partial charge in [0.05, 0.1) is 0 Å². The van der Waals surface area contributed by atoms with Gasteiger partial charge in [-0.15, -0.1) is 0 Å². The minimum absolute atomic E-state index is 0.618. The molecule has 1 saturated heterocycles. The van der Waals surface area contributed by atoms with Gasteiger partial charge in [-0.3, -0.25) is 0 Å². The van der Waals surface area contributed by atoms with Crippen LogP contribution in [0.15, 0.2) is 54.9 Å². The molecular weight excluding hydrogens is 374 g/mol. The lowest BCUT2D eigenvalue weighted by atomic mass is 10.1. The van der Waals surface area contributed by atoms with E-state index in [-0.39, 0.29) is 0 Å². The molecule has 30 heavy (non-hydrogen) atoms. The number of nitrogens with zero attached hydrogens (tertiary/aromatic N) is 5. The minimum atomic E-state index is 0.618. The van der Waals surface area contributed by atoms with Crippen LogP contribution in [0.3, 0.4) is 0 Å². The van der Waals surface area contributed by atoms with Gasteiger partial charge in [-0.05, 0) is 37.6 Å². The fourth-order valence-electron chi connectivity index (χ4n) is 3.83. The van der Waals surface area contributed by atoms with Crippen LogP contribution in [0.4, 0.5) is 23.3 Å². The Hall–Kier alpha value is -3.35. The van der Waals surface area contributed by atoms with Gasteiger partial charge in [-0.2, -0.15) is 4.98 Å². The molecule has 0 amide bonds. The monoisotopic (exact) mass is 403 g/mol. The molecule has 7 nitrogen and oxygen atoms in total. The zero-order valence-corrected chi connectivity index (χ0v) is 17.7. The molecule has 0 radical (unpaired) electrons. The second kappa shape index (κ2) is 9.43. The van der Waals surface area contributed by atoms with E-state index < -0.39 is 0 Å². The number of anilines is 4. The number of aromatic nitrogens is 3. The van der Waals surface area contributed by atoms with Crippen LogP contribution in [0.5, 0.6) is 0 Å². The molecule has 0 saturated carbocycles. The highest BCUT2D eigenvalue weighted by molar-refractivity contribution is 5.56. The Morgan fingerprint density at radius 1 is 0.867 bits per heavy atom. The third-order valence-electron chi connectivity index (χ3n) is 5.35. The average Bonchev–Trinajstić information content (AvgIpc) is 2.79. The van der Waals surface area contributed by atoms with Gasteiger partial charge in [0.15, 0.2) is 0 Å². The quantitative estimate of drug-likeness (QED) is 0.625. The summed E-state index contributed by atoms with van der Waals surface area (Å²) in [5.74, 6) is 2.48. The summed E-state index contributed by atoms with van der Waals surface area (Å²) in [6, 6.07) is 14.6. The zero-order valence-electron chi connectivity index (χ0n) is 17.7. The summed E-state index contributed by atoms with van der Waals surface area (Å²) in [4.78, 5) is 18.4. The lowest BCUT2D eigenvalue weighted by molar-refractivity contribution is 0.644. The van der Waals surface area contributed by atoms with E-state index in [0.29, 0.717) is 12.5 Å². The predicted octanol–water partition coefficient (Wildman–Crippen LogP) is 3.55. The van der Waals surface area contributed by atoms with Gasteiger partial charge in [0.1, 0.15) is 11.6 Å². The maximum Gasteiger partial charge on any atom is 0.224 e. The van der Waals surface area contributed by atoms with E-state index in [4.69, 9.17) is 4.98 Å². The smallest absolute Gasteiger partial charge is 0.224 e. The number of nitrogens with one attached hydrogen (secondary N) is 2. The van der Waals surface area contributed by atoms with Crippen molar-refractivity contribution in [1.82, 2.24) is 15.0 Å². The summed E-state index contributed by atoms with van der Waals surface area (Å²) >= 11 is 0. The fraction of sp³-hybridized carbons (Fsp3) is 0.348. The second-order valence-corrected chi connectivity index (χ2v) is 7.40. The van der Waals surface area contributed by atoms with Gasteiger partial charge >= 0.3 is 0 Å². The predicted molar refractivity (Wildman–Crippen MR) is 123 cm³/mol. The molecule has 1 fully saturated rings. The fourth-order valence-corrected chi connectivity index (χ4v) is 3.83. The van der Waals surface area contributed by atoms with Gasteiger partial charge < -0.3 is 20.4 Å². The first kappa shape index (κ1) is 19.9. The van der Waals surface area contributed by atoms with Crippen LogP contribution >= 0.6 is 0 Å². The van der Waals surface area contributed by atoms with Gasteiger partial charge in [0, 0.05) is 62.9 Å². The van der Waals surface area contributed by atoms with E-state index in [0.717, 1.165) is 49.9 Å². The standard InChI is InChI=1S/C23H29N7/c1-3-24-21-10-12-26-23(28-21)27-17-19-8-6-11-25-22(19)30-15-13-29(14-16-30)20-9-5-4-7-18(20)2/h4-12H,3,13-17H2,1-2H3,(H2,24,26,27,28). The highest BCUT2D eigenvalue weighted by atomic mass is 15.3. The van der Waals surface area contributed by atoms with E-state index in [1.54, 1.807) is 6.20 Å². The molecule has 1 aliphatic rings.